The molecule has 2 aromatic rings. The maximum atomic E-state index is 13.5. The quantitative estimate of drug-likeness (QED) is 0.701. The second kappa shape index (κ2) is 9.53. The van der Waals surface area contributed by atoms with Gasteiger partial charge >= 0.3 is 6.01 Å². The number of ether oxygens (including phenoxy) is 3. The molecule has 0 spiro atoms. The van der Waals surface area contributed by atoms with Crippen molar-refractivity contribution in [3.63, 3.8) is 0 Å². The van der Waals surface area contributed by atoms with Crippen LogP contribution >= 0.6 is 0 Å². The molecule has 25 heavy (non-hydrogen) atoms. The van der Waals surface area contributed by atoms with Gasteiger partial charge in [-0.05, 0) is 24.6 Å². The summed E-state index contributed by atoms with van der Waals surface area (Å²) in [6, 6.07) is 7.31. The summed E-state index contributed by atoms with van der Waals surface area (Å²) < 4.78 is 29.7. The van der Waals surface area contributed by atoms with E-state index in [1.165, 1.54) is 6.92 Å². The van der Waals surface area contributed by atoms with E-state index in [2.05, 4.69) is 15.3 Å². The Morgan fingerprint density at radius 3 is 2.88 bits per heavy atom. The van der Waals surface area contributed by atoms with Crippen molar-refractivity contribution in [1.82, 2.24) is 9.97 Å². The maximum absolute atomic E-state index is 13.5. The van der Waals surface area contributed by atoms with E-state index in [4.69, 9.17) is 14.2 Å². The van der Waals surface area contributed by atoms with E-state index in [1.807, 2.05) is 31.2 Å². The zero-order chi connectivity index (χ0) is 18.1. The summed E-state index contributed by atoms with van der Waals surface area (Å²) in [6.45, 7) is 4.99. The average molecular weight is 349 g/mol. The van der Waals surface area contributed by atoms with Crippen molar-refractivity contribution in [3.8, 4) is 11.8 Å². The largest absolute Gasteiger partial charge is 0.491 e. The highest BCUT2D eigenvalue weighted by Gasteiger charge is 2.09. The van der Waals surface area contributed by atoms with E-state index < -0.39 is 11.7 Å². The molecular formula is C17H20FN3O4. The van der Waals surface area contributed by atoms with Crippen molar-refractivity contribution in [2.45, 2.75) is 20.5 Å². The molecule has 1 amide bonds. The van der Waals surface area contributed by atoms with Crippen molar-refractivity contribution in [2.24, 2.45) is 0 Å². The molecule has 1 aromatic carbocycles. The first-order valence-electron chi connectivity index (χ1n) is 7.81. The molecule has 0 aliphatic rings. The van der Waals surface area contributed by atoms with Crippen molar-refractivity contribution < 1.29 is 23.4 Å². The van der Waals surface area contributed by atoms with E-state index in [1.54, 1.807) is 0 Å². The Balaban J connectivity index is 1.93. The summed E-state index contributed by atoms with van der Waals surface area (Å²) in [4.78, 5) is 18.6. The number of amides is 1. The number of hydrogen-bond acceptors (Lipinski definition) is 6. The van der Waals surface area contributed by atoms with E-state index in [0.717, 1.165) is 11.8 Å². The SMILES string of the molecule is CCOCCOc1cccc(COc2ncc(F)c(NC(C)=O)n2)c1. The van der Waals surface area contributed by atoms with Gasteiger partial charge in [-0.1, -0.05) is 12.1 Å². The average Bonchev–Trinajstić information content (AvgIpc) is 2.59. The van der Waals surface area contributed by atoms with Crippen LogP contribution in [0.1, 0.15) is 19.4 Å². The van der Waals surface area contributed by atoms with E-state index in [0.29, 0.717) is 25.6 Å². The number of halogens is 1. The summed E-state index contributed by atoms with van der Waals surface area (Å²) >= 11 is 0. The van der Waals surface area contributed by atoms with Crippen molar-refractivity contribution in [3.05, 3.63) is 41.8 Å². The summed E-state index contributed by atoms with van der Waals surface area (Å²) in [5, 5.41) is 2.28. The Bertz CT molecular complexity index is 712. The third-order valence-corrected chi connectivity index (χ3v) is 2.98. The van der Waals surface area contributed by atoms with Crippen LogP contribution in [-0.2, 0) is 16.1 Å². The monoisotopic (exact) mass is 349 g/mol. The molecule has 0 saturated heterocycles. The highest BCUT2D eigenvalue weighted by atomic mass is 19.1. The van der Waals surface area contributed by atoms with Gasteiger partial charge in [0.05, 0.1) is 12.8 Å². The van der Waals surface area contributed by atoms with Crippen LogP contribution in [0.4, 0.5) is 10.2 Å². The Labute approximate surface area is 145 Å². The first-order valence-corrected chi connectivity index (χ1v) is 7.81. The highest BCUT2D eigenvalue weighted by Crippen LogP contribution is 2.17. The van der Waals surface area contributed by atoms with Crippen LogP contribution in [0.2, 0.25) is 0 Å². The molecule has 0 aliphatic carbocycles. The number of hydrogen-bond donors (Lipinski definition) is 1. The molecule has 1 heterocycles. The van der Waals surface area contributed by atoms with Crippen LogP contribution in [-0.4, -0.2) is 35.7 Å². The number of nitrogens with zero attached hydrogens (tertiary/aromatic N) is 2. The topological polar surface area (TPSA) is 82.6 Å². The lowest BCUT2D eigenvalue weighted by Crippen LogP contribution is -2.11. The minimum atomic E-state index is -0.729. The molecule has 1 N–H and O–H groups in total. The molecule has 134 valence electrons. The van der Waals surface area contributed by atoms with E-state index in [-0.39, 0.29) is 18.4 Å². The third-order valence-electron chi connectivity index (χ3n) is 2.98. The predicted octanol–water partition coefficient (Wildman–Crippen LogP) is 2.57. The summed E-state index contributed by atoms with van der Waals surface area (Å²) in [5.74, 6) is -0.682. The Morgan fingerprint density at radius 2 is 2.12 bits per heavy atom. The molecule has 7 nitrogen and oxygen atoms in total. The fourth-order valence-corrected chi connectivity index (χ4v) is 1.91. The highest BCUT2D eigenvalue weighted by molar-refractivity contribution is 5.87. The van der Waals surface area contributed by atoms with Gasteiger partial charge in [0, 0.05) is 13.5 Å². The number of benzene rings is 1. The molecule has 0 unspecified atom stereocenters. The maximum Gasteiger partial charge on any atom is 0.318 e. The van der Waals surface area contributed by atoms with Gasteiger partial charge in [0.1, 0.15) is 19.0 Å². The minimum Gasteiger partial charge on any atom is -0.491 e. The molecule has 1 aromatic heterocycles. The van der Waals surface area contributed by atoms with Crippen LogP contribution in [0.15, 0.2) is 30.5 Å². The van der Waals surface area contributed by atoms with Gasteiger partial charge in [-0.3, -0.25) is 4.79 Å². The summed E-state index contributed by atoms with van der Waals surface area (Å²) in [5.41, 5.74) is 0.836. The normalized spacial score (nSPS) is 10.4. The van der Waals surface area contributed by atoms with Gasteiger partial charge in [0.25, 0.3) is 0 Å². The lowest BCUT2D eigenvalue weighted by molar-refractivity contribution is -0.114. The standard InChI is InChI=1S/C17H20FN3O4/c1-3-23-7-8-24-14-6-4-5-13(9-14)11-25-17-19-10-15(18)16(21-17)20-12(2)22/h4-6,9-10H,3,7-8,11H2,1-2H3,(H,19,20,21,22). The van der Waals surface area contributed by atoms with Crippen LogP contribution in [0.3, 0.4) is 0 Å². The Kier molecular flexibility index (Phi) is 7.09. The van der Waals surface area contributed by atoms with Gasteiger partial charge < -0.3 is 19.5 Å². The molecule has 0 radical (unpaired) electrons. The molecular weight excluding hydrogens is 329 g/mol. The molecule has 0 atom stereocenters. The van der Waals surface area contributed by atoms with Gasteiger partial charge in [-0.2, -0.15) is 4.98 Å². The lowest BCUT2D eigenvalue weighted by Gasteiger charge is -2.09. The van der Waals surface area contributed by atoms with Crippen molar-refractivity contribution in [2.75, 3.05) is 25.1 Å². The molecule has 8 heteroatoms. The fourth-order valence-electron chi connectivity index (χ4n) is 1.91. The second-order valence-electron chi connectivity index (χ2n) is 5.01. The zero-order valence-electron chi connectivity index (χ0n) is 14.1. The first-order chi connectivity index (χ1) is 12.1. The summed E-state index contributed by atoms with van der Waals surface area (Å²) in [7, 11) is 0. The van der Waals surface area contributed by atoms with Gasteiger partial charge in [0.15, 0.2) is 11.6 Å². The number of nitrogens with one attached hydrogen (secondary N) is 1. The molecule has 2 rings (SSSR count). The van der Waals surface area contributed by atoms with Gasteiger partial charge in [-0.25, -0.2) is 9.37 Å². The van der Waals surface area contributed by atoms with Gasteiger partial charge in [-0.15, -0.1) is 0 Å². The van der Waals surface area contributed by atoms with Gasteiger partial charge in [0.2, 0.25) is 5.91 Å². The number of anilines is 1. The summed E-state index contributed by atoms with van der Waals surface area (Å²) in [6.07, 6.45) is 0.945. The van der Waals surface area contributed by atoms with E-state index in [9.17, 15) is 9.18 Å². The third kappa shape index (κ3) is 6.34. The van der Waals surface area contributed by atoms with Crippen LogP contribution < -0.4 is 14.8 Å². The van der Waals surface area contributed by atoms with Crippen LogP contribution in [0, 0.1) is 5.82 Å². The first kappa shape index (κ1) is 18.6. The van der Waals surface area contributed by atoms with Crippen molar-refractivity contribution in [1.29, 1.82) is 0 Å². The molecule has 0 fully saturated rings. The number of carbonyl (C=O) groups excluding carboxylic acids is 1. The fraction of sp³-hybridized carbons (Fsp3) is 0.353. The zero-order valence-corrected chi connectivity index (χ0v) is 14.1. The molecule has 0 saturated carbocycles. The Hall–Kier alpha value is -2.74. The van der Waals surface area contributed by atoms with Crippen molar-refractivity contribution >= 4 is 11.7 Å². The van der Waals surface area contributed by atoms with E-state index >= 15 is 0 Å². The number of carbonyl (C=O) groups is 1. The van der Waals surface area contributed by atoms with Crippen LogP contribution in [0.25, 0.3) is 0 Å². The second-order valence-corrected chi connectivity index (χ2v) is 5.01. The lowest BCUT2D eigenvalue weighted by atomic mass is 10.2. The predicted molar refractivity (Wildman–Crippen MR) is 89.1 cm³/mol. The van der Waals surface area contributed by atoms with Crippen LogP contribution in [0.5, 0.6) is 11.8 Å². The number of rotatable bonds is 9. The smallest absolute Gasteiger partial charge is 0.318 e. The molecule has 0 bridgehead atoms. The number of aromatic nitrogens is 2. The molecule has 0 aliphatic heterocycles. The minimum absolute atomic E-state index is 0.0344. The Morgan fingerprint density at radius 1 is 1.28 bits per heavy atom.